The molecule has 1 saturated heterocycles. The number of hydrogen-bond acceptors (Lipinski definition) is 5. The molecule has 9 heteroatoms. The highest BCUT2D eigenvalue weighted by atomic mass is 32.2. The fraction of sp³-hybridized carbons (Fsp3) is 0.438. The van der Waals surface area contributed by atoms with E-state index in [4.69, 9.17) is 4.74 Å². The third-order valence-electron chi connectivity index (χ3n) is 4.27. The number of methoxy groups -OCH3 is 1. The van der Waals surface area contributed by atoms with E-state index in [9.17, 15) is 12.8 Å². The highest BCUT2D eigenvalue weighted by molar-refractivity contribution is 7.93. The van der Waals surface area contributed by atoms with Crippen molar-refractivity contribution in [2.75, 3.05) is 38.1 Å². The van der Waals surface area contributed by atoms with E-state index in [0.29, 0.717) is 43.1 Å². The predicted molar refractivity (Wildman–Crippen MR) is 93.4 cm³/mol. The molecule has 1 aliphatic rings. The number of aromatic amines is 1. The first-order chi connectivity index (χ1) is 11.9. The number of nitrogens with one attached hydrogen (secondary N) is 2. The van der Waals surface area contributed by atoms with Gasteiger partial charge in [0.1, 0.15) is 11.1 Å². The maximum absolute atomic E-state index is 14.2. The topological polar surface area (TPSA) is 87.3 Å². The van der Waals surface area contributed by atoms with Crippen molar-refractivity contribution in [2.24, 2.45) is 0 Å². The van der Waals surface area contributed by atoms with Gasteiger partial charge in [0.15, 0.2) is 0 Å². The summed E-state index contributed by atoms with van der Waals surface area (Å²) < 4.78 is 46.3. The van der Waals surface area contributed by atoms with Crippen LogP contribution in [0.15, 0.2) is 24.4 Å². The van der Waals surface area contributed by atoms with E-state index in [1.807, 2.05) is 4.90 Å². The minimum Gasteiger partial charge on any atom is -0.383 e. The number of sulfonamides is 1. The summed E-state index contributed by atoms with van der Waals surface area (Å²) in [6, 6.07) is 5.03. The Morgan fingerprint density at radius 1 is 1.44 bits per heavy atom. The lowest BCUT2D eigenvalue weighted by Gasteiger charge is -2.38. The molecular weight excluding hydrogens is 347 g/mol. The Balaban J connectivity index is 1.66. The molecule has 0 unspecified atom stereocenters. The fourth-order valence-corrected chi connectivity index (χ4v) is 4.06. The Morgan fingerprint density at radius 2 is 2.20 bits per heavy atom. The zero-order valence-corrected chi connectivity index (χ0v) is 14.9. The van der Waals surface area contributed by atoms with Gasteiger partial charge in [-0.25, -0.2) is 17.8 Å². The van der Waals surface area contributed by atoms with Gasteiger partial charge in [-0.3, -0.25) is 9.62 Å². The first kappa shape index (κ1) is 17.8. The summed E-state index contributed by atoms with van der Waals surface area (Å²) in [7, 11) is -1.93. The number of nitrogens with zero attached hydrogens (tertiary/aromatic N) is 2. The molecule has 0 amide bonds. The quantitative estimate of drug-likeness (QED) is 0.775. The van der Waals surface area contributed by atoms with Crippen molar-refractivity contribution in [3.8, 4) is 11.3 Å². The van der Waals surface area contributed by atoms with Crippen LogP contribution >= 0.6 is 0 Å². The summed E-state index contributed by atoms with van der Waals surface area (Å²) >= 11 is 0. The van der Waals surface area contributed by atoms with Crippen LogP contribution < -0.4 is 4.72 Å². The summed E-state index contributed by atoms with van der Waals surface area (Å²) in [6.45, 7) is 3.87. The zero-order chi connectivity index (χ0) is 18.0. The second-order valence-electron chi connectivity index (χ2n) is 6.10. The Kier molecular flexibility index (Phi) is 5.07. The molecule has 2 heterocycles. The van der Waals surface area contributed by atoms with Crippen LogP contribution in [-0.4, -0.2) is 61.9 Å². The van der Waals surface area contributed by atoms with E-state index in [0.717, 1.165) is 0 Å². The Bertz CT molecular complexity index is 847. The molecule has 25 heavy (non-hydrogen) atoms. The number of anilines is 1. The second kappa shape index (κ2) is 7.11. The lowest BCUT2D eigenvalue weighted by atomic mass is 10.1. The molecule has 1 fully saturated rings. The number of rotatable bonds is 7. The second-order valence-corrected chi connectivity index (χ2v) is 8.06. The van der Waals surface area contributed by atoms with Gasteiger partial charge in [0.05, 0.1) is 18.5 Å². The van der Waals surface area contributed by atoms with E-state index in [1.54, 1.807) is 32.2 Å². The molecular formula is C16H21FN4O3S. The average Bonchev–Trinajstić information content (AvgIpc) is 2.95. The molecule has 0 aliphatic carbocycles. The van der Waals surface area contributed by atoms with Crippen LogP contribution in [0, 0.1) is 12.7 Å². The van der Waals surface area contributed by atoms with Gasteiger partial charge in [0.25, 0.3) is 0 Å². The summed E-state index contributed by atoms with van der Waals surface area (Å²) in [6.07, 6.45) is 1.42. The first-order valence-electron chi connectivity index (χ1n) is 7.94. The summed E-state index contributed by atoms with van der Waals surface area (Å²) in [5, 5.41) is -0.492. The van der Waals surface area contributed by atoms with Crippen LogP contribution in [0.2, 0.25) is 0 Å². The largest absolute Gasteiger partial charge is 0.383 e. The van der Waals surface area contributed by atoms with Crippen LogP contribution in [0.1, 0.15) is 5.56 Å². The standard InChI is InChI=1S/C16H21FN4O3S/c1-11-4-3-5-13(15(11)17)14-8-18-16(19-14)20-25(22,23)12-9-21(10-12)6-7-24-2/h3-5,8,12H,6-7,9-10H2,1-2H3,(H2,18,19,20). The number of hydrogen-bond donors (Lipinski definition) is 2. The zero-order valence-electron chi connectivity index (χ0n) is 14.1. The van der Waals surface area contributed by atoms with Crippen molar-refractivity contribution in [1.82, 2.24) is 14.9 Å². The molecule has 0 atom stereocenters. The number of imidazole rings is 1. The number of benzene rings is 1. The van der Waals surface area contributed by atoms with Gasteiger partial charge in [-0.2, -0.15) is 0 Å². The highest BCUT2D eigenvalue weighted by Crippen LogP contribution is 2.25. The minimum absolute atomic E-state index is 0.0891. The van der Waals surface area contributed by atoms with E-state index in [2.05, 4.69) is 14.7 Å². The highest BCUT2D eigenvalue weighted by Gasteiger charge is 2.37. The number of aryl methyl sites for hydroxylation is 1. The third-order valence-corrected chi connectivity index (χ3v) is 5.92. The number of ether oxygens (including phenoxy) is 1. The first-order valence-corrected chi connectivity index (χ1v) is 9.49. The number of halogens is 1. The van der Waals surface area contributed by atoms with Crippen molar-refractivity contribution in [1.29, 1.82) is 0 Å². The van der Waals surface area contributed by atoms with E-state index < -0.39 is 15.3 Å². The third kappa shape index (κ3) is 3.83. The van der Waals surface area contributed by atoms with Gasteiger partial charge in [-0.1, -0.05) is 12.1 Å². The Hall–Kier alpha value is -1.97. The predicted octanol–water partition coefficient (Wildman–Crippen LogP) is 1.60. The molecule has 7 nitrogen and oxygen atoms in total. The number of H-pyrrole nitrogens is 1. The maximum atomic E-state index is 14.2. The lowest BCUT2D eigenvalue weighted by molar-refractivity contribution is 0.113. The fourth-order valence-electron chi connectivity index (χ4n) is 2.71. The average molecular weight is 368 g/mol. The molecule has 1 aromatic heterocycles. The summed E-state index contributed by atoms with van der Waals surface area (Å²) in [4.78, 5) is 8.84. The van der Waals surface area contributed by atoms with E-state index >= 15 is 0 Å². The minimum atomic E-state index is -3.54. The van der Waals surface area contributed by atoms with Crippen LogP contribution in [-0.2, 0) is 14.8 Å². The molecule has 2 aromatic rings. The summed E-state index contributed by atoms with van der Waals surface area (Å²) in [5.41, 5.74) is 1.29. The van der Waals surface area contributed by atoms with Crippen molar-refractivity contribution >= 4 is 16.0 Å². The monoisotopic (exact) mass is 368 g/mol. The van der Waals surface area contributed by atoms with E-state index in [-0.39, 0.29) is 11.8 Å². The molecule has 0 spiro atoms. The van der Waals surface area contributed by atoms with Crippen LogP contribution in [0.5, 0.6) is 0 Å². The summed E-state index contributed by atoms with van der Waals surface area (Å²) in [5.74, 6) is -0.264. The van der Waals surface area contributed by atoms with Gasteiger partial charge in [0.2, 0.25) is 16.0 Å². The molecule has 2 N–H and O–H groups in total. The molecule has 0 bridgehead atoms. The van der Waals surface area contributed by atoms with Gasteiger partial charge in [-0.05, 0) is 18.6 Å². The van der Waals surface area contributed by atoms with Crippen molar-refractivity contribution in [3.63, 3.8) is 0 Å². The van der Waals surface area contributed by atoms with Crippen molar-refractivity contribution < 1.29 is 17.5 Å². The van der Waals surface area contributed by atoms with Gasteiger partial charge >= 0.3 is 0 Å². The van der Waals surface area contributed by atoms with Gasteiger partial charge in [0, 0.05) is 32.3 Å². The Morgan fingerprint density at radius 3 is 2.92 bits per heavy atom. The molecule has 0 radical (unpaired) electrons. The Labute approximate surface area is 146 Å². The normalized spacial score (nSPS) is 16.0. The smallest absolute Gasteiger partial charge is 0.240 e. The molecule has 1 aromatic carbocycles. The molecule has 136 valence electrons. The van der Waals surface area contributed by atoms with Crippen molar-refractivity contribution in [3.05, 3.63) is 35.8 Å². The number of likely N-dealkylation sites (tertiary alicyclic amines) is 1. The van der Waals surface area contributed by atoms with Crippen LogP contribution in [0.25, 0.3) is 11.3 Å². The van der Waals surface area contributed by atoms with Crippen LogP contribution in [0.4, 0.5) is 10.3 Å². The van der Waals surface area contributed by atoms with Gasteiger partial charge in [-0.15, -0.1) is 0 Å². The maximum Gasteiger partial charge on any atom is 0.240 e. The van der Waals surface area contributed by atoms with Crippen molar-refractivity contribution in [2.45, 2.75) is 12.2 Å². The molecule has 3 rings (SSSR count). The van der Waals surface area contributed by atoms with Gasteiger partial charge < -0.3 is 9.72 Å². The lowest BCUT2D eigenvalue weighted by Crippen LogP contribution is -2.56. The molecule has 1 aliphatic heterocycles. The SMILES string of the molecule is COCCN1CC(S(=O)(=O)Nc2ncc(-c3cccc(C)c3F)[nH]2)C1. The van der Waals surface area contributed by atoms with Crippen LogP contribution in [0.3, 0.4) is 0 Å². The molecule has 0 saturated carbocycles. The van der Waals surface area contributed by atoms with E-state index in [1.165, 1.54) is 6.20 Å². The number of aromatic nitrogens is 2.